The number of fused-ring (bicyclic) bond motifs is 2. The van der Waals surface area contributed by atoms with Gasteiger partial charge in [0.1, 0.15) is 0 Å². The van der Waals surface area contributed by atoms with Crippen LogP contribution in [-0.4, -0.2) is 53.8 Å². The molecular formula is C27H32N4O2. The molecule has 0 saturated carbocycles. The first-order valence-electron chi connectivity index (χ1n) is 11.9. The molecule has 33 heavy (non-hydrogen) atoms. The number of aryl methyl sites for hydroxylation is 2. The number of rotatable bonds is 5. The molecule has 2 heterocycles. The second-order valence-electron chi connectivity index (χ2n) is 9.74. The van der Waals surface area contributed by atoms with E-state index in [1.807, 2.05) is 24.4 Å². The maximum absolute atomic E-state index is 13.3. The quantitative estimate of drug-likeness (QED) is 0.629. The summed E-state index contributed by atoms with van der Waals surface area (Å²) in [7, 11) is 3.58. The van der Waals surface area contributed by atoms with Gasteiger partial charge < -0.3 is 15.2 Å². The van der Waals surface area contributed by atoms with Gasteiger partial charge in [-0.15, -0.1) is 0 Å². The van der Waals surface area contributed by atoms with Gasteiger partial charge in [0.15, 0.2) is 0 Å². The molecule has 1 fully saturated rings. The summed E-state index contributed by atoms with van der Waals surface area (Å²) < 4.78 is 0. The van der Waals surface area contributed by atoms with Crippen LogP contribution in [0, 0.1) is 11.8 Å². The van der Waals surface area contributed by atoms with Crippen LogP contribution in [0.3, 0.4) is 0 Å². The predicted octanol–water partition coefficient (Wildman–Crippen LogP) is 3.82. The van der Waals surface area contributed by atoms with Crippen LogP contribution in [0.15, 0.2) is 48.7 Å². The number of para-hydroxylation sites is 1. The molecule has 1 aromatic heterocycles. The Bertz CT molecular complexity index is 1180. The number of H-pyrrole nitrogens is 1. The summed E-state index contributed by atoms with van der Waals surface area (Å²) in [5.41, 5.74) is 5.91. The molecule has 3 aromatic rings. The molecule has 2 N–H and O–H groups in total. The van der Waals surface area contributed by atoms with Crippen molar-refractivity contribution in [2.24, 2.45) is 11.8 Å². The van der Waals surface area contributed by atoms with Crippen LogP contribution in [0.2, 0.25) is 0 Å². The van der Waals surface area contributed by atoms with Gasteiger partial charge in [0.05, 0.1) is 11.8 Å². The number of benzene rings is 2. The van der Waals surface area contributed by atoms with E-state index in [2.05, 4.69) is 39.5 Å². The fourth-order valence-corrected chi connectivity index (χ4v) is 5.45. The molecule has 6 nitrogen and oxygen atoms in total. The Morgan fingerprint density at radius 3 is 2.70 bits per heavy atom. The number of nitrogens with one attached hydrogen (secondary N) is 2. The number of piperidine rings is 1. The zero-order valence-corrected chi connectivity index (χ0v) is 19.4. The van der Waals surface area contributed by atoms with Crippen LogP contribution in [-0.2, 0) is 29.0 Å². The van der Waals surface area contributed by atoms with Gasteiger partial charge in [0.2, 0.25) is 11.8 Å². The van der Waals surface area contributed by atoms with Crippen LogP contribution >= 0.6 is 0 Å². The third kappa shape index (κ3) is 4.53. The van der Waals surface area contributed by atoms with E-state index in [-0.39, 0.29) is 23.7 Å². The molecule has 2 amide bonds. The third-order valence-electron chi connectivity index (χ3n) is 7.12. The molecule has 1 saturated heterocycles. The Balaban J connectivity index is 1.34. The van der Waals surface area contributed by atoms with E-state index in [0.717, 1.165) is 24.0 Å². The van der Waals surface area contributed by atoms with E-state index in [4.69, 9.17) is 0 Å². The molecule has 2 atom stereocenters. The van der Waals surface area contributed by atoms with Crippen LogP contribution in [0.5, 0.6) is 0 Å². The molecule has 0 unspecified atom stereocenters. The van der Waals surface area contributed by atoms with Crippen LogP contribution < -0.4 is 5.32 Å². The second kappa shape index (κ2) is 9.02. The van der Waals surface area contributed by atoms with Crippen molar-refractivity contribution in [3.8, 4) is 0 Å². The minimum absolute atomic E-state index is 0.00753. The summed E-state index contributed by atoms with van der Waals surface area (Å²) in [6.07, 6.45) is 6.02. The van der Waals surface area contributed by atoms with E-state index >= 15 is 0 Å². The highest BCUT2D eigenvalue weighted by Gasteiger charge is 2.36. The number of aromatic nitrogens is 1. The van der Waals surface area contributed by atoms with E-state index < -0.39 is 0 Å². The Morgan fingerprint density at radius 2 is 1.85 bits per heavy atom. The second-order valence-corrected chi connectivity index (χ2v) is 9.74. The normalized spacial score (nSPS) is 20.5. The van der Waals surface area contributed by atoms with E-state index in [1.54, 1.807) is 19.0 Å². The van der Waals surface area contributed by atoms with E-state index in [9.17, 15) is 9.59 Å². The standard InChI is InChI=1S/C27H32N4O2/c1-30(2)27(33)21-12-20(26(32)29-23-11-10-18-6-5-7-19(18)13-23)15-31(16-21)17-22-14-28-25-9-4-3-8-24(22)25/h3-4,8-11,13-14,20-21,28H,5-7,12,15-17H2,1-2H3,(H,29,32)/t20-,21+/m1/s1. The molecule has 5 rings (SSSR count). The fraction of sp³-hybridized carbons (Fsp3) is 0.407. The number of hydrogen-bond donors (Lipinski definition) is 2. The Labute approximate surface area is 195 Å². The fourth-order valence-electron chi connectivity index (χ4n) is 5.45. The first-order valence-corrected chi connectivity index (χ1v) is 11.9. The van der Waals surface area contributed by atoms with Crippen molar-refractivity contribution >= 4 is 28.4 Å². The monoisotopic (exact) mass is 444 g/mol. The van der Waals surface area contributed by atoms with Crippen molar-refractivity contribution in [2.45, 2.75) is 32.2 Å². The molecule has 1 aliphatic carbocycles. The number of amides is 2. The van der Waals surface area contributed by atoms with Crippen molar-refractivity contribution < 1.29 is 9.59 Å². The zero-order valence-electron chi connectivity index (χ0n) is 19.4. The summed E-state index contributed by atoms with van der Waals surface area (Å²) in [6, 6.07) is 14.5. The zero-order chi connectivity index (χ0) is 22.9. The number of nitrogens with zero attached hydrogens (tertiary/aromatic N) is 2. The number of hydrogen-bond acceptors (Lipinski definition) is 3. The average molecular weight is 445 g/mol. The highest BCUT2D eigenvalue weighted by atomic mass is 16.2. The van der Waals surface area contributed by atoms with Crippen LogP contribution in [0.1, 0.15) is 29.5 Å². The highest BCUT2D eigenvalue weighted by molar-refractivity contribution is 5.93. The van der Waals surface area contributed by atoms with Gasteiger partial charge >= 0.3 is 0 Å². The Hall–Kier alpha value is -3.12. The lowest BCUT2D eigenvalue weighted by Crippen LogP contribution is -2.48. The SMILES string of the molecule is CN(C)C(=O)[C@H]1C[C@@H](C(=O)Nc2ccc3c(c2)CCC3)CN(Cc2c[nH]c3ccccc23)C1. The lowest BCUT2D eigenvalue weighted by molar-refractivity contribution is -0.137. The summed E-state index contributed by atoms with van der Waals surface area (Å²) in [5.74, 6) is -0.317. The number of anilines is 1. The van der Waals surface area contributed by atoms with Crippen molar-refractivity contribution in [1.82, 2.24) is 14.8 Å². The molecule has 0 radical (unpaired) electrons. The van der Waals surface area contributed by atoms with Gasteiger partial charge in [-0.25, -0.2) is 0 Å². The van der Waals surface area contributed by atoms with Gasteiger partial charge in [-0.1, -0.05) is 24.3 Å². The number of carbonyl (C=O) groups is 2. The van der Waals surface area contributed by atoms with Crippen molar-refractivity contribution in [2.75, 3.05) is 32.5 Å². The first-order chi connectivity index (χ1) is 16.0. The first kappa shape index (κ1) is 21.7. The van der Waals surface area contributed by atoms with Crippen LogP contribution in [0.25, 0.3) is 10.9 Å². The Morgan fingerprint density at radius 1 is 1.06 bits per heavy atom. The molecule has 0 bridgehead atoms. The van der Waals surface area contributed by atoms with Gasteiger partial charge in [0, 0.05) is 56.5 Å². The molecule has 1 aliphatic heterocycles. The summed E-state index contributed by atoms with van der Waals surface area (Å²) in [5, 5.41) is 4.33. The Kier molecular flexibility index (Phi) is 5.94. The van der Waals surface area contributed by atoms with Crippen molar-refractivity contribution in [1.29, 1.82) is 0 Å². The van der Waals surface area contributed by atoms with Crippen LogP contribution in [0.4, 0.5) is 5.69 Å². The van der Waals surface area contributed by atoms with Gasteiger partial charge in [-0.2, -0.15) is 0 Å². The molecule has 172 valence electrons. The molecule has 2 aliphatic rings. The third-order valence-corrected chi connectivity index (χ3v) is 7.12. The molecule has 2 aromatic carbocycles. The van der Waals surface area contributed by atoms with E-state index in [0.29, 0.717) is 26.1 Å². The molecule has 6 heteroatoms. The summed E-state index contributed by atoms with van der Waals surface area (Å²) in [4.78, 5) is 33.4. The predicted molar refractivity (Wildman–Crippen MR) is 131 cm³/mol. The largest absolute Gasteiger partial charge is 0.361 e. The summed E-state index contributed by atoms with van der Waals surface area (Å²) >= 11 is 0. The smallest absolute Gasteiger partial charge is 0.228 e. The van der Waals surface area contributed by atoms with Gasteiger partial charge in [-0.3, -0.25) is 14.5 Å². The lowest BCUT2D eigenvalue weighted by Gasteiger charge is -2.37. The van der Waals surface area contributed by atoms with Crippen molar-refractivity contribution in [3.63, 3.8) is 0 Å². The van der Waals surface area contributed by atoms with E-state index in [1.165, 1.54) is 28.5 Å². The highest BCUT2D eigenvalue weighted by Crippen LogP contribution is 2.29. The van der Waals surface area contributed by atoms with Gasteiger partial charge in [-0.05, 0) is 60.6 Å². The maximum Gasteiger partial charge on any atom is 0.228 e. The minimum atomic E-state index is -0.230. The minimum Gasteiger partial charge on any atom is -0.361 e. The molecule has 0 spiro atoms. The number of likely N-dealkylation sites (tertiary alicyclic amines) is 1. The maximum atomic E-state index is 13.3. The number of carbonyl (C=O) groups excluding carboxylic acids is 2. The van der Waals surface area contributed by atoms with Crippen molar-refractivity contribution in [3.05, 3.63) is 65.4 Å². The summed E-state index contributed by atoms with van der Waals surface area (Å²) in [6.45, 7) is 2.02. The lowest BCUT2D eigenvalue weighted by atomic mass is 9.87. The topological polar surface area (TPSA) is 68.4 Å². The average Bonchev–Trinajstić information content (AvgIpc) is 3.45. The molecular weight excluding hydrogens is 412 g/mol. The van der Waals surface area contributed by atoms with Gasteiger partial charge in [0.25, 0.3) is 0 Å². The number of aromatic amines is 1.